The number of amides is 1. The minimum atomic E-state index is -0.210. The van der Waals surface area contributed by atoms with Gasteiger partial charge in [-0.05, 0) is 67.9 Å². The average molecular weight is 417 g/mol. The maximum Gasteiger partial charge on any atom is 0.269 e. The first-order valence-corrected chi connectivity index (χ1v) is 10.5. The van der Waals surface area contributed by atoms with Crippen molar-refractivity contribution in [1.82, 2.24) is 15.4 Å². The number of carbonyl (C=O) groups is 1. The van der Waals surface area contributed by atoms with Crippen molar-refractivity contribution in [2.75, 3.05) is 31.2 Å². The van der Waals surface area contributed by atoms with Crippen LogP contribution in [0, 0.1) is 13.8 Å². The van der Waals surface area contributed by atoms with Crippen molar-refractivity contribution in [3.05, 3.63) is 89.8 Å². The van der Waals surface area contributed by atoms with Gasteiger partial charge in [-0.1, -0.05) is 18.7 Å². The van der Waals surface area contributed by atoms with Crippen LogP contribution in [0.3, 0.4) is 0 Å². The van der Waals surface area contributed by atoms with Crippen LogP contribution in [0.4, 0.5) is 5.69 Å². The zero-order chi connectivity index (χ0) is 21.8. The summed E-state index contributed by atoms with van der Waals surface area (Å²) in [6.07, 6.45) is 0. The lowest BCUT2D eigenvalue weighted by molar-refractivity contribution is 0.0942. The molecule has 1 saturated heterocycles. The number of rotatable bonds is 6. The van der Waals surface area contributed by atoms with E-state index in [1.54, 1.807) is 0 Å². The van der Waals surface area contributed by atoms with Crippen molar-refractivity contribution in [2.45, 2.75) is 13.8 Å². The quantitative estimate of drug-likeness (QED) is 0.600. The molecule has 4 rings (SSSR count). The molecule has 2 N–H and O–H groups in total. The van der Waals surface area contributed by atoms with Gasteiger partial charge in [0.05, 0.1) is 18.9 Å². The fourth-order valence-corrected chi connectivity index (χ4v) is 3.81. The first-order valence-electron chi connectivity index (χ1n) is 10.5. The molecule has 1 fully saturated rings. The minimum Gasteiger partial charge on any atom is -0.378 e. The second-order valence-corrected chi connectivity index (χ2v) is 7.70. The van der Waals surface area contributed by atoms with Crippen molar-refractivity contribution >= 4 is 17.3 Å². The maximum absolute atomic E-state index is 12.5. The molecule has 0 atom stereocenters. The molecule has 2 aromatic carbocycles. The number of aromatic nitrogens is 1. The van der Waals surface area contributed by atoms with Gasteiger partial charge in [-0.15, -0.1) is 0 Å². The van der Waals surface area contributed by atoms with E-state index in [9.17, 15) is 4.79 Å². The van der Waals surface area contributed by atoms with E-state index in [0.717, 1.165) is 54.6 Å². The summed E-state index contributed by atoms with van der Waals surface area (Å²) in [6, 6.07) is 19.9. The lowest BCUT2D eigenvalue weighted by Crippen LogP contribution is -2.36. The monoisotopic (exact) mass is 416 g/mol. The summed E-state index contributed by atoms with van der Waals surface area (Å²) in [6.45, 7) is 11.5. The summed E-state index contributed by atoms with van der Waals surface area (Å²) in [5.41, 5.74) is 12.3. The summed E-state index contributed by atoms with van der Waals surface area (Å²) < 4.78 is 7.56. The predicted octanol–water partition coefficient (Wildman–Crippen LogP) is 3.84. The van der Waals surface area contributed by atoms with Crippen molar-refractivity contribution in [1.29, 1.82) is 0 Å². The Balaban J connectivity index is 1.34. The smallest absolute Gasteiger partial charge is 0.269 e. The van der Waals surface area contributed by atoms with Gasteiger partial charge < -0.3 is 14.2 Å². The number of nitrogens with zero attached hydrogens (tertiary/aromatic N) is 2. The van der Waals surface area contributed by atoms with Crippen LogP contribution in [-0.2, 0) is 4.74 Å². The number of aryl methyl sites for hydroxylation is 2. The Morgan fingerprint density at radius 2 is 1.35 bits per heavy atom. The number of hydrazine groups is 1. The van der Waals surface area contributed by atoms with Gasteiger partial charge in [0.15, 0.2) is 0 Å². The molecule has 1 aliphatic heterocycles. The van der Waals surface area contributed by atoms with Crippen molar-refractivity contribution in [3.63, 3.8) is 0 Å². The largest absolute Gasteiger partial charge is 0.378 e. The summed E-state index contributed by atoms with van der Waals surface area (Å²) in [5.74, 6) is -0.210. The molecule has 0 bridgehead atoms. The third kappa shape index (κ3) is 4.64. The summed E-state index contributed by atoms with van der Waals surface area (Å²) in [5, 5.41) is 0. The van der Waals surface area contributed by atoms with Crippen molar-refractivity contribution in [2.24, 2.45) is 0 Å². The third-order valence-electron chi connectivity index (χ3n) is 5.58. The van der Waals surface area contributed by atoms with Gasteiger partial charge in [0.1, 0.15) is 0 Å². The predicted molar refractivity (Wildman–Crippen MR) is 124 cm³/mol. The summed E-state index contributed by atoms with van der Waals surface area (Å²) >= 11 is 0. The first-order chi connectivity index (χ1) is 15.0. The number of carbonyl (C=O) groups excluding carboxylic acids is 1. The molecule has 0 saturated carbocycles. The van der Waals surface area contributed by atoms with Gasteiger partial charge in [0.25, 0.3) is 5.91 Å². The Hall–Kier alpha value is -3.51. The highest BCUT2D eigenvalue weighted by atomic mass is 16.5. The van der Waals surface area contributed by atoms with E-state index in [0.29, 0.717) is 11.3 Å². The van der Waals surface area contributed by atoms with E-state index >= 15 is 0 Å². The van der Waals surface area contributed by atoms with Crippen LogP contribution < -0.4 is 15.8 Å². The molecule has 0 spiro atoms. The first kappa shape index (κ1) is 20.8. The van der Waals surface area contributed by atoms with Crippen LogP contribution in [0.5, 0.6) is 0 Å². The number of hydrogen-bond donors (Lipinski definition) is 2. The van der Waals surface area contributed by atoms with Gasteiger partial charge in [0.2, 0.25) is 0 Å². The lowest BCUT2D eigenvalue weighted by Gasteiger charge is -2.29. The van der Waals surface area contributed by atoms with E-state index in [-0.39, 0.29) is 5.91 Å². The zero-order valence-electron chi connectivity index (χ0n) is 18.0. The standard InChI is InChI=1S/C25H28N4O2/c1-18-4-5-19(2)29(18)24-12-8-22(9-13-24)25(30)27-26-20(3)21-6-10-23(11-7-21)28-14-16-31-17-15-28/h4-13,26H,3,14-17H2,1-2H3,(H,27,30). The SMILES string of the molecule is C=C(NNC(=O)c1ccc(-n2c(C)ccc2C)cc1)c1ccc(N2CCOCC2)cc1. The lowest BCUT2D eigenvalue weighted by atomic mass is 10.1. The molecule has 6 heteroatoms. The Labute approximate surface area is 183 Å². The van der Waals surface area contributed by atoms with Crippen molar-refractivity contribution < 1.29 is 9.53 Å². The number of ether oxygens (including phenoxy) is 1. The minimum absolute atomic E-state index is 0.210. The number of nitrogens with one attached hydrogen (secondary N) is 2. The van der Waals surface area contributed by atoms with Crippen LogP contribution in [-0.4, -0.2) is 36.8 Å². The molecule has 1 aliphatic rings. The van der Waals surface area contributed by atoms with Gasteiger partial charge in [-0.2, -0.15) is 0 Å². The second kappa shape index (κ2) is 9.10. The fourth-order valence-electron chi connectivity index (χ4n) is 3.81. The Bertz CT molecular complexity index is 1040. The number of anilines is 1. The molecule has 31 heavy (non-hydrogen) atoms. The van der Waals surface area contributed by atoms with Gasteiger partial charge in [-0.3, -0.25) is 15.6 Å². The van der Waals surface area contributed by atoms with Crippen LogP contribution in [0.15, 0.2) is 67.2 Å². The second-order valence-electron chi connectivity index (χ2n) is 7.70. The highest BCUT2D eigenvalue weighted by Gasteiger charge is 2.12. The number of morpholine rings is 1. The van der Waals surface area contributed by atoms with Crippen LogP contribution in [0.2, 0.25) is 0 Å². The van der Waals surface area contributed by atoms with Crippen LogP contribution >= 0.6 is 0 Å². The van der Waals surface area contributed by atoms with Crippen LogP contribution in [0.1, 0.15) is 27.3 Å². The third-order valence-corrected chi connectivity index (χ3v) is 5.58. The molecule has 2 heterocycles. The number of hydrogen-bond acceptors (Lipinski definition) is 4. The highest BCUT2D eigenvalue weighted by molar-refractivity contribution is 5.94. The fraction of sp³-hybridized carbons (Fsp3) is 0.240. The maximum atomic E-state index is 12.5. The van der Waals surface area contributed by atoms with Crippen molar-refractivity contribution in [3.8, 4) is 5.69 Å². The normalized spacial score (nSPS) is 13.7. The van der Waals surface area contributed by atoms with E-state index in [1.165, 1.54) is 0 Å². The molecule has 3 aromatic rings. The molecule has 0 radical (unpaired) electrons. The summed E-state index contributed by atoms with van der Waals surface area (Å²) in [4.78, 5) is 14.8. The Kier molecular flexibility index (Phi) is 6.09. The van der Waals surface area contributed by atoms with E-state index < -0.39 is 0 Å². The molecule has 0 aliphatic carbocycles. The van der Waals surface area contributed by atoms with Gasteiger partial charge in [-0.25, -0.2) is 0 Å². The topological polar surface area (TPSA) is 58.5 Å². The molecular formula is C25H28N4O2. The molecular weight excluding hydrogens is 388 g/mol. The van der Waals surface area contributed by atoms with E-state index in [2.05, 4.69) is 65.0 Å². The molecule has 1 aromatic heterocycles. The van der Waals surface area contributed by atoms with Crippen LogP contribution in [0.25, 0.3) is 11.4 Å². The summed E-state index contributed by atoms with van der Waals surface area (Å²) in [7, 11) is 0. The molecule has 160 valence electrons. The Morgan fingerprint density at radius 1 is 0.806 bits per heavy atom. The van der Waals surface area contributed by atoms with Gasteiger partial charge >= 0.3 is 0 Å². The molecule has 6 nitrogen and oxygen atoms in total. The highest BCUT2D eigenvalue weighted by Crippen LogP contribution is 2.19. The van der Waals surface area contributed by atoms with E-state index in [1.807, 2.05) is 36.4 Å². The zero-order valence-corrected chi connectivity index (χ0v) is 18.0. The average Bonchev–Trinajstić information content (AvgIpc) is 3.16. The van der Waals surface area contributed by atoms with E-state index in [4.69, 9.17) is 4.74 Å². The molecule has 0 unspecified atom stereocenters. The Morgan fingerprint density at radius 3 is 1.97 bits per heavy atom. The van der Waals surface area contributed by atoms with Gasteiger partial charge in [0, 0.05) is 41.4 Å². The molecule has 1 amide bonds. The number of benzene rings is 2.